The number of ketones is 1. The summed E-state index contributed by atoms with van der Waals surface area (Å²) in [6, 6.07) is 9.92. The molecule has 0 radical (unpaired) electrons. The monoisotopic (exact) mass is 298 g/mol. The molecule has 1 rings (SSSR count). The van der Waals surface area contributed by atoms with Crippen LogP contribution in [0.3, 0.4) is 0 Å². The summed E-state index contributed by atoms with van der Waals surface area (Å²) in [5.74, 6) is -0.164. The van der Waals surface area contributed by atoms with E-state index in [-0.39, 0.29) is 20.7 Å². The molecule has 0 aliphatic rings. The molecule has 0 heterocycles. The summed E-state index contributed by atoms with van der Waals surface area (Å²) < 4.78 is 1.90. The van der Waals surface area contributed by atoms with Crippen LogP contribution in [0.2, 0.25) is 0 Å². The summed E-state index contributed by atoms with van der Waals surface area (Å²) in [5.41, 5.74) is -1.28. The molecule has 0 spiro atoms. The van der Waals surface area contributed by atoms with E-state index in [9.17, 15) is 9.90 Å². The second kappa shape index (κ2) is 6.15. The van der Waals surface area contributed by atoms with Gasteiger partial charge in [0, 0.05) is 0 Å². The van der Waals surface area contributed by atoms with Gasteiger partial charge in [-0.25, -0.2) is 0 Å². The number of carbonyl (C=O) groups is 1. The Hall–Kier alpha value is -0.891. The van der Waals surface area contributed by atoms with E-state index in [2.05, 4.69) is 0 Å². The Bertz CT molecular complexity index is 402. The first kappa shape index (κ1) is 14.2. The number of rotatable bonds is 5. The average molecular weight is 297 g/mol. The summed E-state index contributed by atoms with van der Waals surface area (Å²) in [6.07, 6.45) is 2.74. The van der Waals surface area contributed by atoms with E-state index in [1.54, 1.807) is 13.8 Å². The molecule has 0 saturated carbocycles. The Kier molecular flexibility index (Phi) is 5.13. The molecular formula is C14H18O2Se. The Balaban J connectivity index is 2.90. The van der Waals surface area contributed by atoms with E-state index in [4.69, 9.17) is 0 Å². The fourth-order valence-corrected chi connectivity index (χ4v) is 3.67. The molecule has 1 aromatic rings. The first-order valence-corrected chi connectivity index (χ1v) is 7.36. The quantitative estimate of drug-likeness (QED) is 0.663. The molecule has 0 aliphatic heterocycles. The second-order valence-electron chi connectivity index (χ2n) is 4.28. The predicted molar refractivity (Wildman–Crippen MR) is 71.5 cm³/mol. The third-order valence-corrected chi connectivity index (χ3v) is 4.41. The van der Waals surface area contributed by atoms with Gasteiger partial charge in [-0.1, -0.05) is 0 Å². The fraction of sp³-hybridized carbons (Fsp3) is 0.357. The molecule has 0 atom stereocenters. The van der Waals surface area contributed by atoms with Crippen molar-refractivity contribution in [1.82, 2.24) is 0 Å². The first-order chi connectivity index (χ1) is 7.95. The van der Waals surface area contributed by atoms with Crippen LogP contribution in [0.15, 0.2) is 40.9 Å². The Morgan fingerprint density at radius 1 is 1.35 bits per heavy atom. The molecule has 1 N–H and O–H groups in total. The van der Waals surface area contributed by atoms with E-state index in [0.717, 1.165) is 15.4 Å². The van der Waals surface area contributed by atoms with E-state index in [1.165, 1.54) is 0 Å². The van der Waals surface area contributed by atoms with E-state index in [1.807, 2.05) is 43.3 Å². The van der Waals surface area contributed by atoms with E-state index in [0.29, 0.717) is 0 Å². The van der Waals surface area contributed by atoms with Crippen molar-refractivity contribution in [2.24, 2.45) is 0 Å². The topological polar surface area (TPSA) is 37.3 Å². The SMILES string of the molecule is CCC=C([Se]c1ccccc1)C(=O)C(C)(C)O. The molecule has 0 aliphatic carbocycles. The number of Topliss-reactive ketones (excluding diaryl/α,β-unsaturated/α-hetero) is 1. The maximum absolute atomic E-state index is 12.1. The van der Waals surface area contributed by atoms with Gasteiger partial charge in [0.2, 0.25) is 0 Å². The zero-order valence-corrected chi connectivity index (χ0v) is 12.1. The van der Waals surface area contributed by atoms with Crippen molar-refractivity contribution in [2.45, 2.75) is 32.8 Å². The van der Waals surface area contributed by atoms with Crippen molar-refractivity contribution in [2.75, 3.05) is 0 Å². The number of benzene rings is 1. The molecule has 1 aromatic carbocycles. The molecule has 0 aromatic heterocycles. The number of carbonyl (C=O) groups excluding carboxylic acids is 1. The molecule has 0 unspecified atom stereocenters. The van der Waals surface area contributed by atoms with E-state index >= 15 is 0 Å². The number of allylic oxidation sites excluding steroid dienone is 1. The molecule has 17 heavy (non-hydrogen) atoms. The molecule has 0 saturated heterocycles. The van der Waals surface area contributed by atoms with Crippen molar-refractivity contribution in [1.29, 1.82) is 0 Å². The third kappa shape index (κ3) is 4.47. The zero-order valence-electron chi connectivity index (χ0n) is 10.4. The molecular weight excluding hydrogens is 279 g/mol. The van der Waals surface area contributed by atoms with Crippen LogP contribution in [0.4, 0.5) is 0 Å². The molecule has 0 bridgehead atoms. The Labute approximate surface area is 109 Å². The van der Waals surface area contributed by atoms with Crippen LogP contribution in [-0.2, 0) is 4.79 Å². The van der Waals surface area contributed by atoms with E-state index < -0.39 is 5.60 Å². The van der Waals surface area contributed by atoms with Crippen LogP contribution in [0.25, 0.3) is 0 Å². The molecule has 0 amide bonds. The van der Waals surface area contributed by atoms with Gasteiger partial charge in [-0.05, 0) is 0 Å². The van der Waals surface area contributed by atoms with Gasteiger partial charge in [0.15, 0.2) is 0 Å². The summed E-state index contributed by atoms with van der Waals surface area (Å²) in [7, 11) is 0. The van der Waals surface area contributed by atoms with Gasteiger partial charge < -0.3 is 0 Å². The van der Waals surface area contributed by atoms with Crippen LogP contribution in [-0.4, -0.2) is 31.4 Å². The number of hydrogen-bond donors (Lipinski definition) is 1. The van der Waals surface area contributed by atoms with Crippen LogP contribution in [0.1, 0.15) is 27.2 Å². The predicted octanol–water partition coefficient (Wildman–Crippen LogP) is 1.65. The van der Waals surface area contributed by atoms with Gasteiger partial charge in [0.05, 0.1) is 0 Å². The van der Waals surface area contributed by atoms with Crippen molar-refractivity contribution in [3.63, 3.8) is 0 Å². The number of hydrogen-bond acceptors (Lipinski definition) is 2. The van der Waals surface area contributed by atoms with Crippen molar-refractivity contribution in [3.8, 4) is 0 Å². The summed E-state index contributed by atoms with van der Waals surface area (Å²) in [5, 5.41) is 9.78. The average Bonchev–Trinajstić information content (AvgIpc) is 2.28. The maximum atomic E-state index is 12.1. The van der Waals surface area contributed by atoms with Crippen LogP contribution >= 0.6 is 0 Å². The molecule has 0 fully saturated rings. The fourth-order valence-electron chi connectivity index (χ4n) is 1.28. The normalized spacial score (nSPS) is 12.6. The minimum atomic E-state index is -1.28. The summed E-state index contributed by atoms with van der Waals surface area (Å²) >= 11 is -0.0334. The van der Waals surface area contributed by atoms with Crippen LogP contribution in [0, 0.1) is 0 Å². The third-order valence-electron chi connectivity index (χ3n) is 2.14. The standard InChI is InChI=1S/C14H18O2Se/c1-4-8-12(13(15)14(2,3)16)17-11-9-6-5-7-10-11/h5-10,16H,4H2,1-3H3. The van der Waals surface area contributed by atoms with Gasteiger partial charge in [0.25, 0.3) is 0 Å². The molecule has 3 heteroatoms. The van der Waals surface area contributed by atoms with Crippen LogP contribution in [0.5, 0.6) is 0 Å². The van der Waals surface area contributed by atoms with Crippen molar-refractivity contribution in [3.05, 3.63) is 40.9 Å². The minimum absolute atomic E-state index is 0.0334. The Morgan fingerprint density at radius 2 is 1.94 bits per heavy atom. The van der Waals surface area contributed by atoms with Gasteiger partial charge >= 0.3 is 109 Å². The second-order valence-corrected chi connectivity index (χ2v) is 6.62. The molecule has 92 valence electrons. The van der Waals surface area contributed by atoms with Gasteiger partial charge in [-0.2, -0.15) is 0 Å². The molecule has 2 nitrogen and oxygen atoms in total. The van der Waals surface area contributed by atoms with Crippen molar-refractivity contribution < 1.29 is 9.90 Å². The Morgan fingerprint density at radius 3 is 2.41 bits per heavy atom. The number of aliphatic hydroxyl groups is 1. The van der Waals surface area contributed by atoms with Crippen molar-refractivity contribution >= 4 is 25.2 Å². The first-order valence-electron chi connectivity index (χ1n) is 5.65. The van der Waals surface area contributed by atoms with Gasteiger partial charge in [-0.3, -0.25) is 0 Å². The van der Waals surface area contributed by atoms with Gasteiger partial charge in [0.1, 0.15) is 0 Å². The summed E-state index contributed by atoms with van der Waals surface area (Å²) in [6.45, 7) is 5.08. The zero-order chi connectivity index (χ0) is 12.9. The van der Waals surface area contributed by atoms with Gasteiger partial charge in [-0.15, -0.1) is 0 Å². The summed E-state index contributed by atoms with van der Waals surface area (Å²) in [4.78, 5) is 12.1. The van der Waals surface area contributed by atoms with Crippen LogP contribution < -0.4 is 4.46 Å².